The molecule has 4 atom stereocenters. The van der Waals surface area contributed by atoms with E-state index in [2.05, 4.69) is 20.7 Å². The number of nitrogens with zero attached hydrogens (tertiary/aromatic N) is 1. The van der Waals surface area contributed by atoms with Gasteiger partial charge in [0.1, 0.15) is 12.1 Å². The van der Waals surface area contributed by atoms with Crippen LogP contribution in [0.5, 0.6) is 0 Å². The molecule has 1 heterocycles. The lowest BCUT2D eigenvalue weighted by atomic mass is 9.85. The molecular weight excluding hydrogens is 502 g/mol. The Balaban J connectivity index is 1.83. The molecule has 2 aliphatic carbocycles. The molecule has 0 bridgehead atoms. The number of nitrogens with one attached hydrogen (secondary N) is 3. The number of amides is 4. The Bertz CT molecular complexity index is 939. The second kappa shape index (κ2) is 11.5. The van der Waals surface area contributed by atoms with Crippen molar-refractivity contribution < 1.29 is 37.5 Å². The molecule has 0 spiro atoms. The molecule has 3 N–H and O–H groups in total. The number of halogens is 2. The van der Waals surface area contributed by atoms with Crippen molar-refractivity contribution in [2.45, 2.75) is 103 Å². The zero-order valence-corrected chi connectivity index (χ0v) is 22.8. The molecule has 3 rings (SSSR count). The number of rotatable bonds is 11. The summed E-state index contributed by atoms with van der Waals surface area (Å²) in [5, 5.41) is 7.66. The van der Waals surface area contributed by atoms with Gasteiger partial charge >= 0.3 is 6.09 Å². The summed E-state index contributed by atoms with van der Waals surface area (Å²) < 4.78 is 32.0. The molecule has 10 nitrogen and oxygen atoms in total. The van der Waals surface area contributed by atoms with Gasteiger partial charge in [-0.1, -0.05) is 20.8 Å². The van der Waals surface area contributed by atoms with Crippen LogP contribution >= 0.6 is 0 Å². The minimum absolute atomic E-state index is 0.116. The topological polar surface area (TPSA) is 134 Å². The molecule has 0 aromatic heterocycles. The zero-order chi connectivity index (χ0) is 28.4. The first kappa shape index (κ1) is 29.8. The Hall–Kier alpha value is -2.79. The van der Waals surface area contributed by atoms with Crippen LogP contribution in [0.3, 0.4) is 0 Å². The number of carbonyl (C=O) groups is 5. The fraction of sp³-hybridized carbons (Fsp3) is 0.808. The van der Waals surface area contributed by atoms with Crippen LogP contribution in [0.25, 0.3) is 0 Å². The Morgan fingerprint density at radius 1 is 0.974 bits per heavy atom. The maximum absolute atomic E-state index is 13.7. The number of hydrogen-bond acceptors (Lipinski definition) is 6. The zero-order valence-electron chi connectivity index (χ0n) is 22.8. The number of likely N-dealkylation sites (tertiary alicyclic amines) is 1. The molecule has 4 amide bonds. The molecule has 12 heteroatoms. The molecule has 0 radical (unpaired) electrons. The van der Waals surface area contributed by atoms with Gasteiger partial charge in [0.25, 0.3) is 5.91 Å². The molecular formula is C26H40F2N4O6. The molecule has 214 valence electrons. The minimum atomic E-state index is -3.10. The first-order chi connectivity index (χ1) is 17.6. The minimum Gasteiger partial charge on any atom is -0.453 e. The van der Waals surface area contributed by atoms with Crippen molar-refractivity contribution in [2.75, 3.05) is 13.7 Å². The number of carbonyl (C=O) groups excluding carboxylic acids is 5. The van der Waals surface area contributed by atoms with Crippen LogP contribution in [0.1, 0.15) is 72.6 Å². The standard InChI is InChI=1S/C26H40F2N4O6/c1-25(2,3)20(31-24(37)38-5)23(36)32-13-11-16(14-6-7-14)18(32)21(34)30-17(10-12-26(4,27)28)19(33)22(35)29-15-8-9-15/h14-18,20H,6-13H2,1-5H3,(H,29,35)(H,30,34)(H,31,37)/t16?,17-,18?,20+/m0/s1. The fourth-order valence-electron chi connectivity index (χ4n) is 4.97. The third kappa shape index (κ3) is 7.86. The van der Waals surface area contributed by atoms with E-state index in [1.807, 2.05) is 0 Å². The lowest BCUT2D eigenvalue weighted by Crippen LogP contribution is -2.60. The number of alkyl carbamates (subject to hydrolysis) is 1. The van der Waals surface area contributed by atoms with Crippen molar-refractivity contribution in [1.82, 2.24) is 20.9 Å². The molecule has 0 aromatic rings. The molecule has 1 saturated heterocycles. The first-order valence-electron chi connectivity index (χ1n) is 13.3. The van der Waals surface area contributed by atoms with Crippen LogP contribution in [0.15, 0.2) is 0 Å². The van der Waals surface area contributed by atoms with Gasteiger partial charge in [0.2, 0.25) is 23.5 Å². The van der Waals surface area contributed by atoms with Gasteiger partial charge in [0, 0.05) is 19.0 Å². The van der Waals surface area contributed by atoms with Crippen LogP contribution in [-0.2, 0) is 23.9 Å². The van der Waals surface area contributed by atoms with Gasteiger partial charge in [0.05, 0.1) is 13.2 Å². The molecule has 3 aliphatic rings. The third-order valence-electron chi connectivity index (χ3n) is 7.43. The van der Waals surface area contributed by atoms with E-state index in [-0.39, 0.29) is 24.4 Å². The average Bonchev–Trinajstić information content (AvgIpc) is 3.76. The quantitative estimate of drug-likeness (QED) is 0.343. The molecule has 2 saturated carbocycles. The highest BCUT2D eigenvalue weighted by molar-refractivity contribution is 6.38. The van der Waals surface area contributed by atoms with E-state index in [9.17, 15) is 32.8 Å². The van der Waals surface area contributed by atoms with E-state index in [4.69, 9.17) is 0 Å². The van der Waals surface area contributed by atoms with Crippen LogP contribution in [0, 0.1) is 17.3 Å². The summed E-state index contributed by atoms with van der Waals surface area (Å²) in [5.74, 6) is -6.07. The normalized spacial score (nSPS) is 23.3. The van der Waals surface area contributed by atoms with Crippen molar-refractivity contribution >= 4 is 29.6 Å². The van der Waals surface area contributed by atoms with E-state index < -0.39 is 71.9 Å². The largest absolute Gasteiger partial charge is 0.453 e. The highest BCUT2D eigenvalue weighted by Crippen LogP contribution is 2.45. The molecule has 2 unspecified atom stereocenters. The lowest BCUT2D eigenvalue weighted by molar-refractivity contribution is -0.145. The van der Waals surface area contributed by atoms with Crippen molar-refractivity contribution in [3.63, 3.8) is 0 Å². The Labute approximate surface area is 222 Å². The molecule has 38 heavy (non-hydrogen) atoms. The lowest BCUT2D eigenvalue weighted by Gasteiger charge is -2.36. The Morgan fingerprint density at radius 3 is 2.11 bits per heavy atom. The fourth-order valence-corrected chi connectivity index (χ4v) is 4.97. The van der Waals surface area contributed by atoms with E-state index >= 15 is 0 Å². The van der Waals surface area contributed by atoms with Crippen molar-refractivity contribution in [1.29, 1.82) is 0 Å². The second-order valence-electron chi connectivity index (χ2n) is 12.0. The highest BCUT2D eigenvalue weighted by atomic mass is 19.3. The van der Waals surface area contributed by atoms with Crippen molar-refractivity contribution in [3.8, 4) is 0 Å². The number of alkyl halides is 2. The number of ketones is 1. The highest BCUT2D eigenvalue weighted by Gasteiger charge is 2.51. The van der Waals surface area contributed by atoms with E-state index in [0.717, 1.165) is 25.7 Å². The SMILES string of the molecule is COC(=O)N[C@H](C(=O)N1CCC(C2CC2)C1C(=O)N[C@@H](CCC(C)(F)F)C(=O)C(=O)NC1CC1)C(C)(C)C. The second-order valence-corrected chi connectivity index (χ2v) is 12.0. The first-order valence-corrected chi connectivity index (χ1v) is 13.3. The number of methoxy groups -OCH3 is 1. The van der Waals surface area contributed by atoms with E-state index in [1.54, 1.807) is 20.8 Å². The van der Waals surface area contributed by atoms with Crippen LogP contribution in [0.4, 0.5) is 13.6 Å². The Morgan fingerprint density at radius 2 is 1.61 bits per heavy atom. The summed E-state index contributed by atoms with van der Waals surface area (Å²) in [6, 6.07) is -3.52. The maximum atomic E-state index is 13.7. The van der Waals surface area contributed by atoms with E-state index in [1.165, 1.54) is 12.0 Å². The summed E-state index contributed by atoms with van der Waals surface area (Å²) in [7, 11) is 1.19. The van der Waals surface area contributed by atoms with Gasteiger partial charge in [-0.3, -0.25) is 19.2 Å². The van der Waals surface area contributed by atoms with Gasteiger partial charge in [-0.05, 0) is 62.7 Å². The summed E-state index contributed by atoms with van der Waals surface area (Å²) in [4.78, 5) is 66.1. The van der Waals surface area contributed by atoms with Crippen molar-refractivity contribution in [2.24, 2.45) is 17.3 Å². The van der Waals surface area contributed by atoms with Gasteiger partial charge in [0.15, 0.2) is 0 Å². The van der Waals surface area contributed by atoms with E-state index in [0.29, 0.717) is 13.3 Å². The predicted octanol–water partition coefficient (Wildman–Crippen LogP) is 2.15. The summed E-state index contributed by atoms with van der Waals surface area (Å²) in [6.07, 6.45) is 1.91. The van der Waals surface area contributed by atoms with Gasteiger partial charge in [-0.15, -0.1) is 0 Å². The van der Waals surface area contributed by atoms with Gasteiger partial charge < -0.3 is 25.6 Å². The van der Waals surface area contributed by atoms with Crippen LogP contribution < -0.4 is 16.0 Å². The summed E-state index contributed by atoms with van der Waals surface area (Å²) >= 11 is 0. The van der Waals surface area contributed by atoms with Gasteiger partial charge in [-0.25, -0.2) is 13.6 Å². The summed E-state index contributed by atoms with van der Waals surface area (Å²) in [5.41, 5.74) is -0.712. The monoisotopic (exact) mass is 542 g/mol. The maximum Gasteiger partial charge on any atom is 0.407 e. The van der Waals surface area contributed by atoms with Crippen LogP contribution in [0.2, 0.25) is 0 Å². The molecule has 1 aliphatic heterocycles. The Kier molecular flexibility index (Phi) is 9.03. The number of ether oxygens (including phenoxy) is 1. The van der Waals surface area contributed by atoms with Crippen LogP contribution in [-0.4, -0.2) is 78.2 Å². The third-order valence-corrected chi connectivity index (χ3v) is 7.43. The predicted molar refractivity (Wildman–Crippen MR) is 133 cm³/mol. The molecule has 3 fully saturated rings. The number of hydrogen-bond donors (Lipinski definition) is 3. The number of Topliss-reactive ketones (excluding diaryl/α,β-unsaturated/α-hetero) is 1. The van der Waals surface area contributed by atoms with Crippen molar-refractivity contribution in [3.05, 3.63) is 0 Å². The average molecular weight is 543 g/mol. The molecule has 0 aromatic carbocycles. The van der Waals surface area contributed by atoms with Gasteiger partial charge in [-0.2, -0.15) is 0 Å². The smallest absolute Gasteiger partial charge is 0.407 e. The summed E-state index contributed by atoms with van der Waals surface area (Å²) in [6.45, 7) is 6.29.